The molecule has 0 aromatic heterocycles. The molecule has 30 heavy (non-hydrogen) atoms. The molecule has 0 fully saturated rings. The Kier molecular flexibility index (Phi) is 10.9. The summed E-state index contributed by atoms with van der Waals surface area (Å²) in [6, 6.07) is 11.4. The molecule has 2 N–H and O–H groups in total. The number of rotatable bonds is 6. The molecule has 0 radical (unpaired) electrons. The van der Waals surface area contributed by atoms with Crippen LogP contribution in [0.2, 0.25) is 5.02 Å². The van der Waals surface area contributed by atoms with Crippen molar-refractivity contribution in [3.63, 3.8) is 0 Å². The molecule has 0 spiro atoms. The van der Waals surface area contributed by atoms with Gasteiger partial charge in [-0.15, -0.1) is 21.1 Å². The van der Waals surface area contributed by atoms with E-state index in [-0.39, 0.29) is 16.5 Å². The second-order valence-corrected chi connectivity index (χ2v) is 9.34. The fraction of sp³-hybridized carbons (Fsp3) is 0.217. The topological polar surface area (TPSA) is 66.4 Å². The van der Waals surface area contributed by atoms with E-state index < -0.39 is 10.0 Å². The van der Waals surface area contributed by atoms with Crippen molar-refractivity contribution in [1.29, 1.82) is 0 Å². The molecule has 0 aliphatic heterocycles. The van der Waals surface area contributed by atoms with E-state index in [1.165, 1.54) is 6.07 Å². The molecule has 4 nitrogen and oxygen atoms in total. The van der Waals surface area contributed by atoms with Crippen LogP contribution in [-0.4, -0.2) is 13.5 Å². The third-order valence-corrected chi connectivity index (χ3v) is 5.94. The lowest BCUT2D eigenvalue weighted by Crippen LogP contribution is -2.13. The minimum absolute atomic E-state index is 0.00267. The summed E-state index contributed by atoms with van der Waals surface area (Å²) in [7, 11) is -1.23. The lowest BCUT2D eigenvalue weighted by atomic mass is 10.1. The van der Waals surface area contributed by atoms with E-state index in [9.17, 15) is 13.5 Å². The fourth-order valence-corrected chi connectivity index (χ4v) is 3.95. The van der Waals surface area contributed by atoms with Crippen LogP contribution in [0.5, 0.6) is 0 Å². The van der Waals surface area contributed by atoms with E-state index in [0.717, 1.165) is 16.5 Å². The average molecular weight is 464 g/mol. The zero-order chi connectivity index (χ0) is 22.7. The van der Waals surface area contributed by atoms with E-state index in [0.29, 0.717) is 11.3 Å². The van der Waals surface area contributed by atoms with Gasteiger partial charge in [0, 0.05) is 5.69 Å². The van der Waals surface area contributed by atoms with Gasteiger partial charge in [-0.3, -0.25) is 4.72 Å². The number of aliphatic hydroxyl groups excluding tert-OH is 1. The summed E-state index contributed by atoms with van der Waals surface area (Å²) in [5, 5.41) is 10.4. The van der Waals surface area contributed by atoms with Crippen LogP contribution in [0.15, 0.2) is 64.8 Å². The summed E-state index contributed by atoms with van der Waals surface area (Å²) >= 11 is 6.24. The Morgan fingerprint density at radius 2 is 1.80 bits per heavy atom. The monoisotopic (exact) mass is 463 g/mol. The van der Waals surface area contributed by atoms with Gasteiger partial charge in [-0.25, -0.2) is 8.42 Å². The molecule has 1 atom stereocenters. The number of benzene rings is 2. The quantitative estimate of drug-likeness (QED) is 0.321. The van der Waals surface area contributed by atoms with Gasteiger partial charge in [0.1, 0.15) is 4.90 Å². The number of hydrogen-bond donors (Lipinski definition) is 2. The van der Waals surface area contributed by atoms with Gasteiger partial charge >= 0.3 is 0 Å². The van der Waals surface area contributed by atoms with Gasteiger partial charge in [-0.1, -0.05) is 47.3 Å². The van der Waals surface area contributed by atoms with Gasteiger partial charge in [-0.2, -0.15) is 0 Å². The molecule has 0 saturated carbocycles. The van der Waals surface area contributed by atoms with Crippen molar-refractivity contribution in [2.45, 2.75) is 39.2 Å². The molecular formula is C23H27ClNO3PS. The first-order chi connectivity index (χ1) is 14.1. The zero-order valence-corrected chi connectivity index (χ0v) is 20.3. The third kappa shape index (κ3) is 8.34. The normalized spacial score (nSPS) is 11.7. The predicted octanol–water partition coefficient (Wildman–Crippen LogP) is 5.84. The minimum atomic E-state index is -3.84. The highest BCUT2D eigenvalue weighted by atomic mass is 35.5. The highest BCUT2D eigenvalue weighted by molar-refractivity contribution is 7.92. The van der Waals surface area contributed by atoms with Crippen LogP contribution in [0.1, 0.15) is 38.8 Å². The standard InChI is InChI=1S/C19H21ClNO3PS.C4H6/c1-13(6-7-14(2)25)16-8-9-19(18(20)11-16)26(23,24)21-17-5-3-4-15(10-17)12-22;1-3-4-2/h3-11,21-22H,12,25H2,1-2H3;1-2H3/b13-6+,14-7+;. The van der Waals surface area contributed by atoms with Crippen molar-refractivity contribution in [2.24, 2.45) is 0 Å². The number of sulfonamides is 1. The van der Waals surface area contributed by atoms with Gasteiger partial charge in [0.05, 0.1) is 11.6 Å². The number of halogens is 1. The van der Waals surface area contributed by atoms with Crippen molar-refractivity contribution >= 4 is 42.1 Å². The maximum absolute atomic E-state index is 12.6. The Balaban J connectivity index is 0.00000103. The van der Waals surface area contributed by atoms with E-state index in [1.54, 1.807) is 36.4 Å². The summed E-state index contributed by atoms with van der Waals surface area (Å²) in [6.07, 6.45) is 3.90. The Morgan fingerprint density at radius 1 is 1.13 bits per heavy atom. The fourth-order valence-electron chi connectivity index (χ4n) is 2.26. The molecule has 0 bridgehead atoms. The van der Waals surface area contributed by atoms with E-state index in [4.69, 9.17) is 11.6 Å². The number of anilines is 1. The molecule has 0 aliphatic rings. The number of nitrogens with one attached hydrogen (secondary N) is 1. The first-order valence-corrected chi connectivity index (χ1v) is 11.5. The van der Waals surface area contributed by atoms with Crippen LogP contribution in [-0.2, 0) is 16.6 Å². The Labute approximate surface area is 187 Å². The molecule has 2 aromatic carbocycles. The highest BCUT2D eigenvalue weighted by Gasteiger charge is 2.18. The van der Waals surface area contributed by atoms with Crippen LogP contribution in [0, 0.1) is 11.8 Å². The molecule has 2 rings (SSSR count). The maximum atomic E-state index is 12.6. The highest BCUT2D eigenvalue weighted by Crippen LogP contribution is 2.28. The first kappa shape index (κ1) is 25.9. The van der Waals surface area contributed by atoms with Crippen LogP contribution < -0.4 is 4.72 Å². The molecule has 160 valence electrons. The van der Waals surface area contributed by atoms with Crippen LogP contribution in [0.4, 0.5) is 5.69 Å². The summed E-state index contributed by atoms with van der Waals surface area (Å²) in [6.45, 7) is 7.37. The Hall–Kier alpha value is -2.09. The van der Waals surface area contributed by atoms with Crippen LogP contribution >= 0.6 is 20.8 Å². The van der Waals surface area contributed by atoms with Crippen molar-refractivity contribution < 1.29 is 13.5 Å². The second-order valence-electron chi connectivity index (χ2n) is 6.37. The van der Waals surface area contributed by atoms with Gasteiger partial charge in [0.25, 0.3) is 10.0 Å². The largest absolute Gasteiger partial charge is 0.392 e. The third-order valence-electron chi connectivity index (χ3n) is 3.88. The molecule has 0 heterocycles. The van der Waals surface area contributed by atoms with E-state index in [1.807, 2.05) is 39.8 Å². The summed E-state index contributed by atoms with van der Waals surface area (Å²) in [4.78, 5) is 0.00267. The molecular weight excluding hydrogens is 437 g/mol. The van der Waals surface area contributed by atoms with Gasteiger partial charge in [0.2, 0.25) is 0 Å². The maximum Gasteiger partial charge on any atom is 0.263 e. The molecule has 0 aliphatic carbocycles. The summed E-state index contributed by atoms with van der Waals surface area (Å²) < 4.78 is 27.8. The second kappa shape index (κ2) is 12.6. The molecule has 1 unspecified atom stereocenters. The van der Waals surface area contributed by atoms with Crippen molar-refractivity contribution in [3.8, 4) is 11.8 Å². The van der Waals surface area contributed by atoms with Gasteiger partial charge in [0.15, 0.2) is 0 Å². The SMILES string of the molecule is C/C(P)=C\C=C(/C)c1ccc(S(=O)(=O)Nc2cccc(CO)c2)c(Cl)c1.CC#CC. The Morgan fingerprint density at radius 3 is 2.33 bits per heavy atom. The molecule has 0 amide bonds. The number of allylic oxidation sites excluding steroid dienone is 4. The van der Waals surface area contributed by atoms with Crippen molar-refractivity contribution in [1.82, 2.24) is 0 Å². The van der Waals surface area contributed by atoms with Crippen molar-refractivity contribution in [2.75, 3.05) is 4.72 Å². The minimum Gasteiger partial charge on any atom is -0.392 e. The number of aliphatic hydroxyl groups is 1. The van der Waals surface area contributed by atoms with Gasteiger partial charge < -0.3 is 5.11 Å². The predicted molar refractivity (Wildman–Crippen MR) is 131 cm³/mol. The zero-order valence-electron chi connectivity index (χ0n) is 17.5. The molecule has 0 saturated heterocycles. The number of hydrogen-bond acceptors (Lipinski definition) is 3. The lowest BCUT2D eigenvalue weighted by molar-refractivity contribution is 0.282. The Bertz CT molecular complexity index is 1090. The van der Waals surface area contributed by atoms with Gasteiger partial charge in [-0.05, 0) is 68.7 Å². The summed E-state index contributed by atoms with van der Waals surface area (Å²) in [5.41, 5.74) is 2.80. The lowest BCUT2D eigenvalue weighted by Gasteiger charge is -2.11. The van der Waals surface area contributed by atoms with E-state index in [2.05, 4.69) is 25.8 Å². The summed E-state index contributed by atoms with van der Waals surface area (Å²) in [5.74, 6) is 5.36. The molecule has 2 aromatic rings. The van der Waals surface area contributed by atoms with E-state index >= 15 is 0 Å². The van der Waals surface area contributed by atoms with Crippen LogP contribution in [0.25, 0.3) is 5.57 Å². The van der Waals surface area contributed by atoms with Crippen molar-refractivity contribution in [3.05, 3.63) is 76.1 Å². The van der Waals surface area contributed by atoms with Crippen LogP contribution in [0.3, 0.4) is 0 Å². The smallest absolute Gasteiger partial charge is 0.263 e. The first-order valence-electron chi connectivity index (χ1n) is 9.11. The average Bonchev–Trinajstić information content (AvgIpc) is 2.71. The molecule has 7 heteroatoms.